The molecular formula is C20H39ClN2. The summed E-state index contributed by atoms with van der Waals surface area (Å²) < 4.78 is 4.88. The predicted molar refractivity (Wildman–Crippen MR) is 96.1 cm³/mol. The summed E-state index contributed by atoms with van der Waals surface area (Å²) >= 11 is 0. The molecule has 0 atom stereocenters. The number of aromatic nitrogens is 2. The summed E-state index contributed by atoms with van der Waals surface area (Å²) in [5.41, 5.74) is 0. The number of rotatable bonds is 14. The number of unbranched alkanes of at least 4 members (excludes halogenated alkanes) is 10. The van der Waals surface area contributed by atoms with Crippen molar-refractivity contribution in [2.24, 2.45) is 0 Å². The first-order valence-electron chi connectivity index (χ1n) is 9.84. The number of hydrogen-bond acceptors (Lipinski definition) is 0. The molecule has 0 saturated carbocycles. The molecule has 0 fully saturated rings. The Hall–Kier alpha value is -0.500. The van der Waals surface area contributed by atoms with Crippen LogP contribution in [0, 0.1) is 6.92 Å². The van der Waals surface area contributed by atoms with Gasteiger partial charge in [-0.05, 0) is 25.7 Å². The molecule has 136 valence electrons. The highest BCUT2D eigenvalue weighted by molar-refractivity contribution is 4.79. The van der Waals surface area contributed by atoms with Crippen LogP contribution in [0.5, 0.6) is 0 Å². The van der Waals surface area contributed by atoms with Crippen molar-refractivity contribution in [3.8, 4) is 0 Å². The highest BCUT2D eigenvalue weighted by Gasteiger charge is 2.11. The van der Waals surface area contributed by atoms with E-state index < -0.39 is 0 Å². The highest BCUT2D eigenvalue weighted by Crippen LogP contribution is 2.08. The lowest BCUT2D eigenvalue weighted by Gasteiger charge is -2.03. The molecule has 0 aliphatic carbocycles. The minimum atomic E-state index is 0. The van der Waals surface area contributed by atoms with Gasteiger partial charge in [0.15, 0.2) is 0 Å². The fourth-order valence-corrected chi connectivity index (χ4v) is 3.14. The normalized spacial score (nSPS) is 10.7. The monoisotopic (exact) mass is 342 g/mol. The van der Waals surface area contributed by atoms with Crippen molar-refractivity contribution in [2.45, 2.75) is 111 Å². The topological polar surface area (TPSA) is 8.81 Å². The summed E-state index contributed by atoms with van der Waals surface area (Å²) in [6, 6.07) is 0. The number of halogens is 1. The summed E-state index contributed by atoms with van der Waals surface area (Å²) in [4.78, 5) is 0. The van der Waals surface area contributed by atoms with Gasteiger partial charge in [-0.15, -0.1) is 0 Å². The molecule has 23 heavy (non-hydrogen) atoms. The average molecular weight is 343 g/mol. The summed E-state index contributed by atoms with van der Waals surface area (Å²) in [5.74, 6) is 1.43. The van der Waals surface area contributed by atoms with Gasteiger partial charge in [0.1, 0.15) is 12.4 Å². The first kappa shape index (κ1) is 22.5. The van der Waals surface area contributed by atoms with Crippen molar-refractivity contribution in [1.29, 1.82) is 0 Å². The van der Waals surface area contributed by atoms with Crippen molar-refractivity contribution in [1.82, 2.24) is 4.57 Å². The van der Waals surface area contributed by atoms with Crippen LogP contribution in [0.2, 0.25) is 0 Å². The Morgan fingerprint density at radius 2 is 1.30 bits per heavy atom. The van der Waals surface area contributed by atoms with Crippen LogP contribution >= 0.6 is 0 Å². The largest absolute Gasteiger partial charge is 1.00 e. The fourth-order valence-electron chi connectivity index (χ4n) is 3.14. The van der Waals surface area contributed by atoms with Gasteiger partial charge in [-0.25, -0.2) is 9.13 Å². The molecule has 0 aromatic carbocycles. The smallest absolute Gasteiger partial charge is 0.253 e. The third-order valence-corrected chi connectivity index (χ3v) is 4.76. The van der Waals surface area contributed by atoms with Gasteiger partial charge in [-0.1, -0.05) is 65.2 Å². The maximum absolute atomic E-state index is 2.44. The number of hydrogen-bond donors (Lipinski definition) is 0. The zero-order valence-corrected chi connectivity index (χ0v) is 16.6. The molecule has 1 rings (SSSR count). The molecule has 0 N–H and O–H groups in total. The Morgan fingerprint density at radius 1 is 0.783 bits per heavy atom. The molecule has 0 spiro atoms. The van der Waals surface area contributed by atoms with Gasteiger partial charge in [0.2, 0.25) is 0 Å². The average Bonchev–Trinajstić information content (AvgIpc) is 2.87. The zero-order valence-electron chi connectivity index (χ0n) is 15.8. The minimum absolute atomic E-state index is 0. The standard InChI is InChI=1S/C20H39N2.ClH/c1-4-6-8-10-12-14-16-21-18-19-22(20(21)3)17-15-13-11-9-7-5-2;/h18-19H,4-17H2,1-3H3;1H/q+1;/p-1. The van der Waals surface area contributed by atoms with Crippen molar-refractivity contribution in [3.63, 3.8) is 0 Å². The van der Waals surface area contributed by atoms with E-state index in [0.29, 0.717) is 0 Å². The Balaban J connectivity index is 0.00000484. The van der Waals surface area contributed by atoms with Crippen LogP contribution in [0.15, 0.2) is 12.4 Å². The van der Waals surface area contributed by atoms with Crippen LogP contribution in [-0.2, 0) is 13.1 Å². The number of imidazole rings is 1. The quantitative estimate of drug-likeness (QED) is 0.363. The van der Waals surface area contributed by atoms with Crippen LogP contribution in [0.4, 0.5) is 0 Å². The molecule has 0 unspecified atom stereocenters. The van der Waals surface area contributed by atoms with Crippen molar-refractivity contribution < 1.29 is 17.0 Å². The Kier molecular flexibility index (Phi) is 14.7. The van der Waals surface area contributed by atoms with Crippen LogP contribution in [0.1, 0.15) is 96.7 Å². The van der Waals surface area contributed by atoms with E-state index in [1.54, 1.807) is 0 Å². The van der Waals surface area contributed by atoms with Crippen molar-refractivity contribution in [2.75, 3.05) is 0 Å². The molecule has 0 radical (unpaired) electrons. The SMILES string of the molecule is CCCCCCCCn1cc[n+](CCCCCCCC)c1C.[Cl-]. The van der Waals surface area contributed by atoms with E-state index in [1.165, 1.54) is 96.0 Å². The van der Waals surface area contributed by atoms with Gasteiger partial charge in [0.25, 0.3) is 5.82 Å². The molecular weight excluding hydrogens is 304 g/mol. The minimum Gasteiger partial charge on any atom is -1.00 e. The first-order chi connectivity index (χ1) is 10.8. The van der Waals surface area contributed by atoms with Crippen LogP contribution < -0.4 is 17.0 Å². The van der Waals surface area contributed by atoms with Gasteiger partial charge in [0.05, 0.1) is 13.1 Å². The van der Waals surface area contributed by atoms with Crippen molar-refractivity contribution in [3.05, 3.63) is 18.2 Å². The van der Waals surface area contributed by atoms with E-state index >= 15 is 0 Å². The maximum Gasteiger partial charge on any atom is 0.253 e. The van der Waals surface area contributed by atoms with E-state index in [4.69, 9.17) is 0 Å². The molecule has 1 aromatic heterocycles. The fraction of sp³-hybridized carbons (Fsp3) is 0.850. The lowest BCUT2D eigenvalue weighted by molar-refractivity contribution is -0.702. The van der Waals surface area contributed by atoms with E-state index in [-0.39, 0.29) is 12.4 Å². The second-order valence-electron chi connectivity index (χ2n) is 6.77. The Labute approximate surface area is 151 Å². The van der Waals surface area contributed by atoms with Crippen LogP contribution in [0.25, 0.3) is 0 Å². The summed E-state index contributed by atoms with van der Waals surface area (Å²) in [6.45, 7) is 9.23. The van der Waals surface area contributed by atoms with E-state index in [9.17, 15) is 0 Å². The van der Waals surface area contributed by atoms with Crippen LogP contribution in [-0.4, -0.2) is 4.57 Å². The van der Waals surface area contributed by atoms with Gasteiger partial charge < -0.3 is 12.4 Å². The van der Waals surface area contributed by atoms with E-state index in [1.807, 2.05) is 0 Å². The molecule has 1 aromatic rings. The molecule has 0 aliphatic rings. The molecule has 0 amide bonds. The maximum atomic E-state index is 2.44. The summed E-state index contributed by atoms with van der Waals surface area (Å²) in [6.07, 6.45) is 21.1. The molecule has 1 heterocycles. The predicted octanol–water partition coefficient (Wildman–Crippen LogP) is 2.81. The second-order valence-corrected chi connectivity index (χ2v) is 6.77. The Morgan fingerprint density at radius 3 is 1.91 bits per heavy atom. The number of nitrogens with zero attached hydrogens (tertiary/aromatic N) is 2. The van der Waals surface area contributed by atoms with E-state index in [2.05, 4.69) is 42.3 Å². The zero-order chi connectivity index (χ0) is 16.0. The summed E-state index contributed by atoms with van der Waals surface area (Å²) in [7, 11) is 0. The third-order valence-electron chi connectivity index (χ3n) is 4.76. The van der Waals surface area contributed by atoms with Gasteiger partial charge >= 0.3 is 0 Å². The molecule has 0 saturated heterocycles. The van der Waals surface area contributed by atoms with Gasteiger partial charge in [0, 0.05) is 6.92 Å². The highest BCUT2D eigenvalue weighted by atomic mass is 35.5. The second kappa shape index (κ2) is 15.1. The van der Waals surface area contributed by atoms with E-state index in [0.717, 1.165) is 0 Å². The number of aryl methyl sites for hydroxylation is 2. The van der Waals surface area contributed by atoms with Gasteiger partial charge in [-0.2, -0.15) is 0 Å². The van der Waals surface area contributed by atoms with Gasteiger partial charge in [-0.3, -0.25) is 0 Å². The first-order valence-corrected chi connectivity index (χ1v) is 9.84. The Bertz CT molecular complexity index is 340. The lowest BCUT2D eigenvalue weighted by atomic mass is 10.1. The third kappa shape index (κ3) is 10.1. The van der Waals surface area contributed by atoms with Crippen molar-refractivity contribution >= 4 is 0 Å². The molecule has 0 aliphatic heterocycles. The lowest BCUT2D eigenvalue weighted by Crippen LogP contribution is -3.00. The van der Waals surface area contributed by atoms with Crippen LogP contribution in [0.3, 0.4) is 0 Å². The molecule has 3 heteroatoms. The molecule has 0 bridgehead atoms. The summed E-state index contributed by atoms with van der Waals surface area (Å²) in [5, 5.41) is 0. The molecule has 2 nitrogen and oxygen atoms in total.